The molecule has 116 valence electrons. The fraction of sp³-hybridized carbons (Fsp3) is 0.474. The molecule has 1 aromatic carbocycles. The summed E-state index contributed by atoms with van der Waals surface area (Å²) < 4.78 is 0. The monoisotopic (exact) mass is 295 g/mol. The van der Waals surface area contributed by atoms with E-state index in [4.69, 9.17) is 0 Å². The summed E-state index contributed by atoms with van der Waals surface area (Å²) in [6.45, 7) is 5.17. The molecular formula is C19H25N3. The van der Waals surface area contributed by atoms with Crippen LogP contribution in [-0.4, -0.2) is 30.6 Å². The van der Waals surface area contributed by atoms with Gasteiger partial charge >= 0.3 is 0 Å². The molecule has 1 aromatic rings. The van der Waals surface area contributed by atoms with Gasteiger partial charge in [0.15, 0.2) is 0 Å². The average molecular weight is 295 g/mol. The van der Waals surface area contributed by atoms with Crippen LogP contribution in [0.2, 0.25) is 0 Å². The maximum absolute atomic E-state index is 4.27. The minimum atomic E-state index is 0.305. The quantitative estimate of drug-likeness (QED) is 0.834. The van der Waals surface area contributed by atoms with Gasteiger partial charge in [0.2, 0.25) is 0 Å². The van der Waals surface area contributed by atoms with Crippen molar-refractivity contribution < 1.29 is 0 Å². The van der Waals surface area contributed by atoms with E-state index in [0.29, 0.717) is 18.1 Å². The minimum Gasteiger partial charge on any atom is -0.382 e. The Kier molecular flexibility index (Phi) is 3.45. The molecule has 1 aliphatic carbocycles. The molecule has 2 N–H and O–H groups in total. The van der Waals surface area contributed by atoms with Gasteiger partial charge in [-0.3, -0.25) is 4.90 Å². The Morgan fingerprint density at radius 1 is 1.14 bits per heavy atom. The molecule has 4 rings (SSSR count). The third-order valence-corrected chi connectivity index (χ3v) is 5.54. The predicted molar refractivity (Wildman–Crippen MR) is 90.3 cm³/mol. The Bertz CT molecular complexity index is 604. The maximum atomic E-state index is 4.27. The first kappa shape index (κ1) is 13.9. The Morgan fingerprint density at radius 2 is 1.91 bits per heavy atom. The number of hydrogen-bond acceptors (Lipinski definition) is 3. The van der Waals surface area contributed by atoms with Crippen molar-refractivity contribution in [2.45, 2.75) is 43.8 Å². The lowest BCUT2D eigenvalue weighted by Crippen LogP contribution is -2.49. The smallest absolute Gasteiger partial charge is 0.0640 e. The molecule has 2 aliphatic heterocycles. The first-order valence-electron chi connectivity index (χ1n) is 8.45. The number of benzene rings is 1. The van der Waals surface area contributed by atoms with Crippen molar-refractivity contribution >= 4 is 0 Å². The normalized spacial score (nSPS) is 31.9. The van der Waals surface area contributed by atoms with E-state index >= 15 is 0 Å². The summed E-state index contributed by atoms with van der Waals surface area (Å²) in [6.07, 6.45) is 5.26. The number of rotatable bonds is 1. The molecule has 0 amide bonds. The first-order chi connectivity index (χ1) is 10.8. The summed E-state index contributed by atoms with van der Waals surface area (Å²) >= 11 is 0. The molecule has 0 aromatic heterocycles. The van der Waals surface area contributed by atoms with Crippen LogP contribution in [0.4, 0.5) is 0 Å². The van der Waals surface area contributed by atoms with Crippen molar-refractivity contribution in [3.63, 3.8) is 0 Å². The number of nitrogens with zero attached hydrogens (tertiary/aromatic N) is 1. The zero-order valence-electron chi connectivity index (χ0n) is 13.3. The van der Waals surface area contributed by atoms with E-state index in [1.54, 1.807) is 0 Å². The zero-order chi connectivity index (χ0) is 15.1. The van der Waals surface area contributed by atoms with E-state index in [2.05, 4.69) is 59.5 Å². The third kappa shape index (κ3) is 2.15. The largest absolute Gasteiger partial charge is 0.382 e. The van der Waals surface area contributed by atoms with Crippen LogP contribution in [0, 0.1) is 0 Å². The number of fused-ring (bicyclic) bond motifs is 1. The van der Waals surface area contributed by atoms with Gasteiger partial charge in [0, 0.05) is 29.1 Å². The molecule has 1 fully saturated rings. The Balaban J connectivity index is 1.81. The number of likely N-dealkylation sites (N-methyl/N-ethyl adjacent to an activating group) is 1. The van der Waals surface area contributed by atoms with Gasteiger partial charge < -0.3 is 10.6 Å². The Labute approximate surface area is 133 Å². The highest BCUT2D eigenvalue weighted by Gasteiger charge is 2.40. The van der Waals surface area contributed by atoms with Crippen LogP contribution in [0.25, 0.3) is 0 Å². The van der Waals surface area contributed by atoms with Crippen molar-refractivity contribution in [1.82, 2.24) is 15.5 Å². The van der Waals surface area contributed by atoms with Gasteiger partial charge in [-0.25, -0.2) is 0 Å². The first-order valence-corrected chi connectivity index (χ1v) is 8.45. The molecule has 3 heteroatoms. The highest BCUT2D eigenvalue weighted by atomic mass is 15.2. The van der Waals surface area contributed by atoms with Crippen LogP contribution in [0.15, 0.2) is 53.9 Å². The summed E-state index contributed by atoms with van der Waals surface area (Å²) in [5.41, 5.74) is 5.18. The molecule has 0 radical (unpaired) electrons. The van der Waals surface area contributed by atoms with Crippen LogP contribution in [0.3, 0.4) is 0 Å². The van der Waals surface area contributed by atoms with Gasteiger partial charge in [0.1, 0.15) is 0 Å². The molecule has 3 aliphatic rings. The van der Waals surface area contributed by atoms with E-state index in [-0.39, 0.29) is 0 Å². The SMILES string of the molecule is C=C1NCC2=C1C(c1ccccc1)N(C)C1CCCCC1N2. The molecule has 3 atom stereocenters. The van der Waals surface area contributed by atoms with Crippen LogP contribution in [-0.2, 0) is 0 Å². The second kappa shape index (κ2) is 5.47. The van der Waals surface area contributed by atoms with Crippen LogP contribution in [0.5, 0.6) is 0 Å². The van der Waals surface area contributed by atoms with Gasteiger partial charge in [0.25, 0.3) is 0 Å². The van der Waals surface area contributed by atoms with Crippen molar-refractivity contribution in [3.05, 3.63) is 59.4 Å². The van der Waals surface area contributed by atoms with Gasteiger partial charge in [-0.2, -0.15) is 0 Å². The number of hydrogen-bond donors (Lipinski definition) is 2. The molecule has 0 saturated heterocycles. The van der Waals surface area contributed by atoms with E-state index in [1.165, 1.54) is 42.5 Å². The molecule has 1 saturated carbocycles. The van der Waals surface area contributed by atoms with Gasteiger partial charge in [0.05, 0.1) is 12.6 Å². The Morgan fingerprint density at radius 3 is 2.73 bits per heavy atom. The molecule has 22 heavy (non-hydrogen) atoms. The molecule has 2 heterocycles. The predicted octanol–water partition coefficient (Wildman–Crippen LogP) is 2.94. The summed E-state index contributed by atoms with van der Waals surface area (Å²) in [7, 11) is 2.30. The van der Waals surface area contributed by atoms with Crippen LogP contribution in [0.1, 0.15) is 37.3 Å². The standard InChI is InChI=1S/C19H25N3/c1-13-18-16(12-20-13)21-15-10-6-7-11-17(15)22(2)19(18)14-8-4-3-5-9-14/h3-5,8-9,15,17,19-21H,1,6-7,10-12H2,2H3. The fourth-order valence-corrected chi connectivity index (χ4v) is 4.45. The summed E-state index contributed by atoms with van der Waals surface area (Å²) in [4.78, 5) is 2.59. The third-order valence-electron chi connectivity index (χ3n) is 5.54. The van der Waals surface area contributed by atoms with Crippen molar-refractivity contribution in [2.24, 2.45) is 0 Å². The van der Waals surface area contributed by atoms with E-state index < -0.39 is 0 Å². The molecular weight excluding hydrogens is 270 g/mol. The van der Waals surface area contributed by atoms with E-state index in [0.717, 1.165) is 12.2 Å². The highest BCUT2D eigenvalue weighted by Crippen LogP contribution is 2.41. The van der Waals surface area contributed by atoms with E-state index in [9.17, 15) is 0 Å². The average Bonchev–Trinajstić information content (AvgIpc) is 2.84. The number of nitrogens with one attached hydrogen (secondary N) is 2. The lowest BCUT2D eigenvalue weighted by molar-refractivity contribution is 0.134. The van der Waals surface area contributed by atoms with E-state index in [1.807, 2.05) is 0 Å². The van der Waals surface area contributed by atoms with Crippen molar-refractivity contribution in [3.8, 4) is 0 Å². The van der Waals surface area contributed by atoms with Gasteiger partial charge in [-0.15, -0.1) is 0 Å². The van der Waals surface area contributed by atoms with Crippen molar-refractivity contribution in [2.75, 3.05) is 13.6 Å². The van der Waals surface area contributed by atoms with Crippen LogP contribution < -0.4 is 10.6 Å². The highest BCUT2D eigenvalue weighted by molar-refractivity contribution is 5.47. The second-order valence-corrected chi connectivity index (χ2v) is 6.81. The fourth-order valence-electron chi connectivity index (χ4n) is 4.45. The molecule has 0 spiro atoms. The molecule has 3 nitrogen and oxygen atoms in total. The summed E-state index contributed by atoms with van der Waals surface area (Å²) in [5.74, 6) is 0. The lowest BCUT2D eigenvalue weighted by atomic mass is 9.88. The summed E-state index contributed by atoms with van der Waals surface area (Å²) in [5, 5.41) is 7.30. The Hall–Kier alpha value is -1.74. The summed E-state index contributed by atoms with van der Waals surface area (Å²) in [6, 6.07) is 12.4. The lowest BCUT2D eigenvalue weighted by Gasteiger charge is -2.40. The minimum absolute atomic E-state index is 0.305. The second-order valence-electron chi connectivity index (χ2n) is 6.81. The topological polar surface area (TPSA) is 27.3 Å². The molecule has 3 unspecified atom stereocenters. The molecule has 0 bridgehead atoms. The maximum Gasteiger partial charge on any atom is 0.0640 e. The van der Waals surface area contributed by atoms with Gasteiger partial charge in [-0.05, 0) is 25.5 Å². The van der Waals surface area contributed by atoms with Crippen molar-refractivity contribution in [1.29, 1.82) is 0 Å². The van der Waals surface area contributed by atoms with Crippen LogP contribution >= 0.6 is 0 Å². The zero-order valence-corrected chi connectivity index (χ0v) is 13.3. The van der Waals surface area contributed by atoms with Gasteiger partial charge in [-0.1, -0.05) is 49.8 Å².